The van der Waals surface area contributed by atoms with Crippen LogP contribution in [0.5, 0.6) is 0 Å². The fraction of sp³-hybridized carbons (Fsp3) is 0.763. The van der Waals surface area contributed by atoms with Crippen molar-refractivity contribution in [1.82, 2.24) is 14.9 Å². The van der Waals surface area contributed by atoms with Gasteiger partial charge < -0.3 is 20.7 Å². The molecule has 5 fully saturated rings. The molecular weight excluding hydrogens is 622 g/mol. The number of hydrogen-bond donors (Lipinski definition) is 2. The zero-order valence-electron chi connectivity index (χ0n) is 30.0. The molecule has 0 bridgehead atoms. The molecule has 49 heavy (non-hydrogen) atoms. The highest BCUT2D eigenvalue weighted by Gasteiger charge is 2.85. The first-order valence-electron chi connectivity index (χ1n) is 18.3. The van der Waals surface area contributed by atoms with Crippen molar-refractivity contribution in [2.24, 2.45) is 50.6 Å². The maximum absolute atomic E-state index is 14.8. The monoisotopic (exact) mass is 677 g/mol. The molecule has 1 aromatic rings. The highest BCUT2D eigenvalue weighted by atomic mass is 16.5. The minimum absolute atomic E-state index is 0.0148. The van der Waals surface area contributed by atoms with Gasteiger partial charge in [-0.3, -0.25) is 24.0 Å². The molecule has 4 atom stereocenters. The summed E-state index contributed by atoms with van der Waals surface area (Å²) >= 11 is 0. The lowest BCUT2D eigenvalue weighted by Gasteiger charge is -2.42. The smallest absolute Gasteiger partial charge is 0.285 e. The molecule has 0 aromatic carbocycles. The number of nitrogens with one attached hydrogen (secondary N) is 1. The summed E-state index contributed by atoms with van der Waals surface area (Å²) in [5.41, 5.74) is 4.39. The average molecular weight is 678 g/mol. The number of likely N-dealkylation sites (tertiary alicyclic amines) is 1. The van der Waals surface area contributed by atoms with Crippen molar-refractivity contribution >= 4 is 35.1 Å². The average Bonchev–Trinajstić information content (AvgIpc) is 3.21. The lowest BCUT2D eigenvalue weighted by Crippen LogP contribution is -2.50. The molecule has 3 heterocycles. The summed E-state index contributed by atoms with van der Waals surface area (Å²) in [4.78, 5) is 78.2. The molecule has 2 aliphatic heterocycles. The Morgan fingerprint density at radius 2 is 1.69 bits per heavy atom. The third kappa shape index (κ3) is 6.22. The van der Waals surface area contributed by atoms with Crippen LogP contribution in [-0.2, 0) is 28.7 Å². The fourth-order valence-electron chi connectivity index (χ4n) is 10.1. The molecule has 2 amide bonds. The molecule has 11 nitrogen and oxygen atoms in total. The van der Waals surface area contributed by atoms with Crippen molar-refractivity contribution in [2.75, 3.05) is 31.6 Å². The first kappa shape index (κ1) is 35.6. The summed E-state index contributed by atoms with van der Waals surface area (Å²) < 4.78 is 5.55. The van der Waals surface area contributed by atoms with Crippen LogP contribution >= 0.6 is 0 Å². The van der Waals surface area contributed by atoms with Gasteiger partial charge in [0.1, 0.15) is 5.78 Å². The van der Waals surface area contributed by atoms with E-state index < -0.39 is 40.4 Å². The van der Waals surface area contributed by atoms with E-state index in [4.69, 9.17) is 10.5 Å². The summed E-state index contributed by atoms with van der Waals surface area (Å²) in [6, 6.07) is 1.04. The van der Waals surface area contributed by atoms with Crippen LogP contribution in [0.1, 0.15) is 105 Å². The van der Waals surface area contributed by atoms with Gasteiger partial charge in [0.2, 0.25) is 17.6 Å². The number of amides is 2. The van der Waals surface area contributed by atoms with E-state index in [1.54, 1.807) is 23.4 Å². The van der Waals surface area contributed by atoms with E-state index in [2.05, 4.69) is 29.1 Å². The summed E-state index contributed by atoms with van der Waals surface area (Å²) in [6.45, 7) is 12.3. The first-order valence-corrected chi connectivity index (χ1v) is 18.3. The number of rotatable bonds is 15. The zero-order chi connectivity index (χ0) is 35.4. The van der Waals surface area contributed by atoms with Gasteiger partial charge in [-0.05, 0) is 53.9 Å². The van der Waals surface area contributed by atoms with Crippen molar-refractivity contribution in [3.63, 3.8) is 0 Å². The number of ether oxygens (including phenoxy) is 1. The van der Waals surface area contributed by atoms with Crippen LogP contribution in [0.4, 0.5) is 5.95 Å². The van der Waals surface area contributed by atoms with Crippen LogP contribution in [0.2, 0.25) is 0 Å². The zero-order valence-corrected chi connectivity index (χ0v) is 30.0. The van der Waals surface area contributed by atoms with Crippen LogP contribution < -0.4 is 11.1 Å². The minimum atomic E-state index is -1.00. The third-order valence-electron chi connectivity index (χ3n) is 13.7. The van der Waals surface area contributed by atoms with Crippen LogP contribution in [0.25, 0.3) is 0 Å². The van der Waals surface area contributed by atoms with Crippen LogP contribution in [0.3, 0.4) is 0 Å². The predicted octanol–water partition coefficient (Wildman–Crippen LogP) is 4.53. The molecule has 3 saturated carbocycles. The Morgan fingerprint density at radius 1 is 1.02 bits per heavy atom. The summed E-state index contributed by atoms with van der Waals surface area (Å²) in [5.74, 6) is -2.63. The van der Waals surface area contributed by atoms with Crippen LogP contribution in [0.15, 0.2) is 18.5 Å². The normalized spacial score (nSPS) is 27.4. The van der Waals surface area contributed by atoms with E-state index in [-0.39, 0.29) is 53.0 Å². The molecular formula is C38H55N5O6. The number of hydrogen-bond acceptors (Lipinski definition) is 9. The number of ketones is 3. The molecule has 268 valence electrons. The Morgan fingerprint density at radius 3 is 2.18 bits per heavy atom. The molecule has 3 N–H and O–H groups in total. The van der Waals surface area contributed by atoms with Crippen LogP contribution in [-0.4, -0.2) is 76.4 Å². The number of anilines is 1. The van der Waals surface area contributed by atoms with Crippen LogP contribution in [0, 0.1) is 44.8 Å². The van der Waals surface area contributed by atoms with Crippen molar-refractivity contribution in [3.8, 4) is 0 Å². The second-order valence-electron chi connectivity index (χ2n) is 17.7. The standard InChI is InChI=1S/C38H55N5O6/c1-34(2,3)27(17-26(44)18-36(22-49-23-36)20-42-33-40-13-8-14-41-33)32(48)43-21-38(35(4,5)37(38)11-7-12-37)19-28(43)29(45)16-25(30(46)31(39)47)15-24-9-6-10-24/h8,13-14,24-25,27-28H,6-7,9-12,15-23H2,1-5H3,(H2,39,47)(H,40,41,42)/t25?,27-,28+,38-/m1/s1. The molecule has 5 aliphatic rings. The van der Waals surface area contributed by atoms with Gasteiger partial charge >= 0.3 is 0 Å². The Bertz CT molecular complexity index is 1470. The fourth-order valence-corrected chi connectivity index (χ4v) is 10.1. The van der Waals surface area contributed by atoms with E-state index in [1.165, 1.54) is 0 Å². The summed E-state index contributed by atoms with van der Waals surface area (Å²) in [6.07, 6.45) is 10.9. The minimum Gasteiger partial charge on any atom is -0.380 e. The highest BCUT2D eigenvalue weighted by molar-refractivity contribution is 6.36. The summed E-state index contributed by atoms with van der Waals surface area (Å²) in [7, 11) is 0. The van der Waals surface area contributed by atoms with Crippen molar-refractivity contribution in [1.29, 1.82) is 0 Å². The number of Topliss-reactive ketones (excluding diaryl/α,β-unsaturated/α-hetero) is 3. The van der Waals surface area contributed by atoms with Gasteiger partial charge in [-0.15, -0.1) is 0 Å². The highest BCUT2D eigenvalue weighted by Crippen LogP contribution is 2.88. The van der Waals surface area contributed by atoms with Gasteiger partial charge in [-0.2, -0.15) is 0 Å². The van der Waals surface area contributed by atoms with E-state index in [0.717, 1.165) is 38.5 Å². The maximum atomic E-state index is 14.8. The number of carbonyl (C=O) groups is 5. The maximum Gasteiger partial charge on any atom is 0.285 e. The van der Waals surface area contributed by atoms with E-state index in [1.807, 2.05) is 20.8 Å². The number of aromatic nitrogens is 2. The van der Waals surface area contributed by atoms with Crippen molar-refractivity contribution in [3.05, 3.63) is 18.5 Å². The molecule has 0 radical (unpaired) electrons. The van der Waals surface area contributed by atoms with Gasteiger partial charge in [-0.25, -0.2) is 9.97 Å². The van der Waals surface area contributed by atoms with Gasteiger partial charge in [0, 0.05) is 67.4 Å². The molecule has 6 rings (SSSR count). The third-order valence-corrected chi connectivity index (χ3v) is 13.7. The lowest BCUT2D eigenvalue weighted by atomic mass is 9.73. The molecule has 1 unspecified atom stereocenters. The van der Waals surface area contributed by atoms with Gasteiger partial charge in [0.15, 0.2) is 5.78 Å². The Hall–Kier alpha value is -3.21. The SMILES string of the molecule is CC(C)(C)[C@H](CC(=O)CC1(CNc2ncccn2)COC1)C(=O)N1C[C@]2(C[C@H]1C(=O)CC(CC1CCC1)C(=O)C(N)=O)C(C)(C)C21CCC1. The molecule has 2 spiro atoms. The molecule has 2 saturated heterocycles. The molecule has 3 aliphatic carbocycles. The van der Waals surface area contributed by atoms with E-state index in [9.17, 15) is 24.0 Å². The number of nitrogens with two attached hydrogens (primary N) is 1. The largest absolute Gasteiger partial charge is 0.380 e. The molecule has 11 heteroatoms. The first-order chi connectivity index (χ1) is 23.0. The second-order valence-corrected chi connectivity index (χ2v) is 17.7. The predicted molar refractivity (Wildman–Crippen MR) is 183 cm³/mol. The van der Waals surface area contributed by atoms with Gasteiger partial charge in [0.05, 0.1) is 19.3 Å². The second kappa shape index (κ2) is 12.8. The van der Waals surface area contributed by atoms with Gasteiger partial charge in [0.25, 0.3) is 5.91 Å². The van der Waals surface area contributed by atoms with Gasteiger partial charge in [-0.1, -0.05) is 60.3 Å². The van der Waals surface area contributed by atoms with E-state index >= 15 is 0 Å². The number of carbonyl (C=O) groups excluding carboxylic acids is 5. The van der Waals surface area contributed by atoms with Crippen molar-refractivity contribution in [2.45, 2.75) is 111 Å². The Kier molecular flexibility index (Phi) is 9.33. The number of nitrogens with zero attached hydrogens (tertiary/aromatic N) is 3. The lowest BCUT2D eigenvalue weighted by molar-refractivity contribution is -0.149. The Labute approximate surface area is 290 Å². The Balaban J connectivity index is 1.21. The number of fused-ring (bicyclic) bond motifs is 1. The molecule has 1 aromatic heterocycles. The quantitative estimate of drug-likeness (QED) is 0.254. The topological polar surface area (TPSA) is 162 Å². The van der Waals surface area contributed by atoms with Crippen molar-refractivity contribution < 1.29 is 28.7 Å². The van der Waals surface area contributed by atoms with E-state index in [0.29, 0.717) is 51.0 Å². The number of primary amides is 1. The summed E-state index contributed by atoms with van der Waals surface area (Å²) in [5, 5.41) is 3.23.